The molecular weight excluding hydrogens is 302 g/mol. The summed E-state index contributed by atoms with van der Waals surface area (Å²) in [7, 11) is 0. The summed E-state index contributed by atoms with van der Waals surface area (Å²) >= 11 is 0. The molecule has 4 nitrogen and oxygen atoms in total. The van der Waals surface area contributed by atoms with Gasteiger partial charge in [-0.15, -0.1) is 0 Å². The number of benzene rings is 2. The van der Waals surface area contributed by atoms with E-state index in [0.29, 0.717) is 13.0 Å². The SMILES string of the molecule is CC(COc1ccccc1)C(=O)NC(C)C(O)Cc1ccccc1. The van der Waals surface area contributed by atoms with E-state index in [4.69, 9.17) is 4.74 Å². The zero-order valence-corrected chi connectivity index (χ0v) is 14.2. The maximum atomic E-state index is 12.2. The Morgan fingerprint density at radius 1 is 1.04 bits per heavy atom. The molecule has 2 aromatic rings. The molecule has 0 aliphatic heterocycles. The van der Waals surface area contributed by atoms with Gasteiger partial charge < -0.3 is 15.2 Å². The smallest absolute Gasteiger partial charge is 0.226 e. The summed E-state index contributed by atoms with van der Waals surface area (Å²) in [5.74, 6) is 0.330. The van der Waals surface area contributed by atoms with E-state index in [0.717, 1.165) is 11.3 Å². The number of carbonyl (C=O) groups is 1. The molecule has 1 amide bonds. The van der Waals surface area contributed by atoms with E-state index < -0.39 is 6.10 Å². The highest BCUT2D eigenvalue weighted by molar-refractivity contribution is 5.78. The first kappa shape index (κ1) is 18.0. The van der Waals surface area contributed by atoms with Gasteiger partial charge in [-0.2, -0.15) is 0 Å². The minimum atomic E-state index is -0.626. The monoisotopic (exact) mass is 327 g/mol. The highest BCUT2D eigenvalue weighted by Crippen LogP contribution is 2.11. The molecule has 0 spiro atoms. The van der Waals surface area contributed by atoms with Crippen LogP contribution in [-0.2, 0) is 11.2 Å². The third-order valence-corrected chi connectivity index (χ3v) is 3.93. The van der Waals surface area contributed by atoms with Crippen molar-refractivity contribution in [1.82, 2.24) is 5.32 Å². The van der Waals surface area contributed by atoms with E-state index in [1.165, 1.54) is 0 Å². The zero-order chi connectivity index (χ0) is 17.4. The van der Waals surface area contributed by atoms with Crippen LogP contribution in [0.3, 0.4) is 0 Å². The number of carbonyl (C=O) groups excluding carboxylic acids is 1. The summed E-state index contributed by atoms with van der Waals surface area (Å²) in [4.78, 5) is 12.2. The molecule has 2 aromatic carbocycles. The summed E-state index contributed by atoms with van der Waals surface area (Å²) in [6, 6.07) is 18.8. The molecule has 128 valence electrons. The average molecular weight is 327 g/mol. The maximum absolute atomic E-state index is 12.2. The second-order valence-corrected chi connectivity index (χ2v) is 6.08. The zero-order valence-electron chi connectivity index (χ0n) is 14.2. The number of hydrogen-bond acceptors (Lipinski definition) is 3. The first-order valence-corrected chi connectivity index (χ1v) is 8.26. The van der Waals surface area contributed by atoms with E-state index in [9.17, 15) is 9.90 Å². The van der Waals surface area contributed by atoms with Crippen LogP contribution < -0.4 is 10.1 Å². The first-order valence-electron chi connectivity index (χ1n) is 8.26. The van der Waals surface area contributed by atoms with Crippen molar-refractivity contribution in [2.24, 2.45) is 5.92 Å². The lowest BCUT2D eigenvalue weighted by atomic mass is 10.0. The maximum Gasteiger partial charge on any atom is 0.226 e. The summed E-state index contributed by atoms with van der Waals surface area (Å²) in [6.07, 6.45) is -0.115. The van der Waals surface area contributed by atoms with Crippen LogP contribution in [-0.4, -0.2) is 29.8 Å². The number of rotatable bonds is 8. The van der Waals surface area contributed by atoms with Gasteiger partial charge in [0.2, 0.25) is 5.91 Å². The van der Waals surface area contributed by atoms with E-state index in [2.05, 4.69) is 5.32 Å². The fourth-order valence-electron chi connectivity index (χ4n) is 2.31. The standard InChI is InChI=1S/C20H25NO3/c1-15(14-24-18-11-7-4-8-12-18)20(23)21-16(2)19(22)13-17-9-5-3-6-10-17/h3-12,15-16,19,22H,13-14H2,1-2H3,(H,21,23). The van der Waals surface area contributed by atoms with Crippen LogP contribution in [0, 0.1) is 5.92 Å². The van der Waals surface area contributed by atoms with Gasteiger partial charge in [0.15, 0.2) is 0 Å². The van der Waals surface area contributed by atoms with Gasteiger partial charge in [0.25, 0.3) is 0 Å². The van der Waals surface area contributed by atoms with Gasteiger partial charge >= 0.3 is 0 Å². The fraction of sp³-hybridized carbons (Fsp3) is 0.350. The molecule has 0 aliphatic rings. The third kappa shape index (κ3) is 5.70. The number of para-hydroxylation sites is 1. The molecule has 2 rings (SSSR count). The van der Waals surface area contributed by atoms with Gasteiger partial charge in [0.05, 0.1) is 24.7 Å². The van der Waals surface area contributed by atoms with Crippen molar-refractivity contribution in [3.05, 3.63) is 66.2 Å². The van der Waals surface area contributed by atoms with Crippen molar-refractivity contribution in [1.29, 1.82) is 0 Å². The van der Waals surface area contributed by atoms with Crippen molar-refractivity contribution >= 4 is 5.91 Å². The van der Waals surface area contributed by atoms with E-state index >= 15 is 0 Å². The van der Waals surface area contributed by atoms with Crippen LogP contribution in [0.2, 0.25) is 0 Å². The Bertz CT molecular complexity index is 615. The van der Waals surface area contributed by atoms with Gasteiger partial charge in [-0.05, 0) is 24.6 Å². The molecule has 2 N–H and O–H groups in total. The number of aliphatic hydroxyl groups is 1. The highest BCUT2D eigenvalue weighted by atomic mass is 16.5. The lowest BCUT2D eigenvalue weighted by molar-refractivity contribution is -0.126. The van der Waals surface area contributed by atoms with Crippen molar-refractivity contribution in [2.45, 2.75) is 32.4 Å². The summed E-state index contributed by atoms with van der Waals surface area (Å²) in [5.41, 5.74) is 1.05. The molecular formula is C20H25NO3. The van der Waals surface area contributed by atoms with E-state index in [1.54, 1.807) is 0 Å². The quantitative estimate of drug-likeness (QED) is 0.784. The van der Waals surface area contributed by atoms with Crippen LogP contribution in [0.4, 0.5) is 0 Å². The number of nitrogens with one attached hydrogen (secondary N) is 1. The summed E-state index contributed by atoms with van der Waals surface area (Å²) in [6.45, 7) is 3.93. The Morgan fingerprint density at radius 2 is 1.62 bits per heavy atom. The lowest BCUT2D eigenvalue weighted by Crippen LogP contribution is -2.45. The molecule has 3 unspecified atom stereocenters. The van der Waals surface area contributed by atoms with E-state index in [-0.39, 0.29) is 17.9 Å². The molecule has 0 fully saturated rings. The fourth-order valence-corrected chi connectivity index (χ4v) is 2.31. The van der Waals surface area contributed by atoms with Crippen molar-refractivity contribution < 1.29 is 14.6 Å². The van der Waals surface area contributed by atoms with Crippen molar-refractivity contribution in [3.63, 3.8) is 0 Å². The number of hydrogen-bond donors (Lipinski definition) is 2. The Hall–Kier alpha value is -2.33. The van der Waals surface area contributed by atoms with Gasteiger partial charge in [-0.1, -0.05) is 55.5 Å². The molecule has 0 saturated heterocycles. The van der Waals surface area contributed by atoms with Crippen LogP contribution >= 0.6 is 0 Å². The molecule has 0 radical (unpaired) electrons. The Balaban J connectivity index is 1.77. The van der Waals surface area contributed by atoms with Crippen LogP contribution in [0.15, 0.2) is 60.7 Å². The second kappa shape index (κ2) is 9.08. The molecule has 0 bridgehead atoms. The van der Waals surface area contributed by atoms with Gasteiger partial charge in [-0.25, -0.2) is 0 Å². The number of aliphatic hydroxyl groups excluding tert-OH is 1. The van der Waals surface area contributed by atoms with Gasteiger partial charge in [0, 0.05) is 6.42 Å². The van der Waals surface area contributed by atoms with Crippen molar-refractivity contribution in [2.75, 3.05) is 6.61 Å². The van der Waals surface area contributed by atoms with Crippen molar-refractivity contribution in [3.8, 4) is 5.75 Å². The molecule has 24 heavy (non-hydrogen) atoms. The summed E-state index contributed by atoms with van der Waals surface area (Å²) in [5, 5.41) is 13.1. The Kier molecular flexibility index (Phi) is 6.82. The molecule has 0 aromatic heterocycles. The topological polar surface area (TPSA) is 58.6 Å². The highest BCUT2D eigenvalue weighted by Gasteiger charge is 2.20. The Labute approximate surface area is 143 Å². The minimum absolute atomic E-state index is 0.120. The van der Waals surface area contributed by atoms with Crippen LogP contribution in [0.1, 0.15) is 19.4 Å². The van der Waals surface area contributed by atoms with E-state index in [1.807, 2.05) is 74.5 Å². The largest absolute Gasteiger partial charge is 0.493 e. The third-order valence-electron chi connectivity index (χ3n) is 3.93. The number of ether oxygens (including phenoxy) is 1. The van der Waals surface area contributed by atoms with Gasteiger partial charge in [-0.3, -0.25) is 4.79 Å². The predicted octanol–water partition coefficient (Wildman–Crippen LogP) is 2.81. The minimum Gasteiger partial charge on any atom is -0.493 e. The lowest BCUT2D eigenvalue weighted by Gasteiger charge is -2.22. The molecule has 0 saturated carbocycles. The van der Waals surface area contributed by atoms with Crippen LogP contribution in [0.5, 0.6) is 5.75 Å². The van der Waals surface area contributed by atoms with Crippen LogP contribution in [0.25, 0.3) is 0 Å². The predicted molar refractivity (Wildman–Crippen MR) is 94.9 cm³/mol. The summed E-state index contributed by atoms with van der Waals surface area (Å²) < 4.78 is 5.60. The molecule has 0 aliphatic carbocycles. The average Bonchev–Trinajstić information content (AvgIpc) is 2.61. The first-order chi connectivity index (χ1) is 11.6. The molecule has 0 heterocycles. The second-order valence-electron chi connectivity index (χ2n) is 6.08. The van der Waals surface area contributed by atoms with Gasteiger partial charge in [0.1, 0.15) is 5.75 Å². The normalized spacial score (nSPS) is 14.5. The number of amides is 1. The molecule has 4 heteroatoms. The Morgan fingerprint density at radius 3 is 2.25 bits per heavy atom. The molecule has 3 atom stereocenters.